The maximum atomic E-state index is 13.0. The molecular formula is C21H23N3O2S. The second-order valence-electron chi connectivity index (χ2n) is 6.67. The van der Waals surface area contributed by atoms with E-state index < -0.39 is 0 Å². The number of hydrogen-bond donors (Lipinski definition) is 1. The predicted molar refractivity (Wildman–Crippen MR) is 108 cm³/mol. The Morgan fingerprint density at radius 1 is 1.19 bits per heavy atom. The Bertz CT molecular complexity index is 1020. The van der Waals surface area contributed by atoms with Gasteiger partial charge in [-0.2, -0.15) is 0 Å². The minimum Gasteiger partial charge on any atom is -0.355 e. The van der Waals surface area contributed by atoms with E-state index in [-0.39, 0.29) is 16.8 Å². The summed E-state index contributed by atoms with van der Waals surface area (Å²) in [5.41, 5.74) is 4.76. The minimum atomic E-state index is -0.341. The van der Waals surface area contributed by atoms with Crippen LogP contribution in [-0.2, 0) is 0 Å². The predicted octanol–water partition coefficient (Wildman–Crippen LogP) is 4.69. The van der Waals surface area contributed by atoms with E-state index in [2.05, 4.69) is 9.97 Å². The fourth-order valence-electron chi connectivity index (χ4n) is 3.33. The SMILES string of the molecule is CC(=O)c1c(C)[nH]c(C(=O)C(C)Sc2nccn2-c2ccccc2C)c1C. The van der Waals surface area contributed by atoms with Gasteiger partial charge >= 0.3 is 0 Å². The van der Waals surface area contributed by atoms with E-state index in [1.807, 2.05) is 62.7 Å². The number of rotatable bonds is 6. The Morgan fingerprint density at radius 3 is 2.52 bits per heavy atom. The molecule has 3 aromatic rings. The molecule has 5 nitrogen and oxygen atoms in total. The molecule has 0 radical (unpaired) electrons. The molecular weight excluding hydrogens is 358 g/mol. The summed E-state index contributed by atoms with van der Waals surface area (Å²) >= 11 is 1.41. The highest BCUT2D eigenvalue weighted by molar-refractivity contribution is 8.00. The molecule has 0 saturated carbocycles. The summed E-state index contributed by atoms with van der Waals surface area (Å²) < 4.78 is 2.00. The smallest absolute Gasteiger partial charge is 0.192 e. The number of benzene rings is 1. The van der Waals surface area contributed by atoms with Gasteiger partial charge in [0.25, 0.3) is 0 Å². The number of thioether (sulfide) groups is 1. The number of nitrogens with zero attached hydrogens (tertiary/aromatic N) is 2. The quantitative estimate of drug-likeness (QED) is 0.497. The van der Waals surface area contributed by atoms with Crippen molar-refractivity contribution in [3.05, 3.63) is 64.7 Å². The highest BCUT2D eigenvalue weighted by Gasteiger charge is 2.25. The van der Waals surface area contributed by atoms with Gasteiger partial charge in [-0.1, -0.05) is 30.0 Å². The third kappa shape index (κ3) is 3.62. The van der Waals surface area contributed by atoms with Gasteiger partial charge in [0.1, 0.15) is 0 Å². The van der Waals surface area contributed by atoms with E-state index in [9.17, 15) is 9.59 Å². The van der Waals surface area contributed by atoms with Crippen LogP contribution < -0.4 is 0 Å². The lowest BCUT2D eigenvalue weighted by Crippen LogP contribution is -2.16. The number of ketones is 2. The van der Waals surface area contributed by atoms with E-state index in [4.69, 9.17) is 0 Å². The van der Waals surface area contributed by atoms with Crippen molar-refractivity contribution in [2.45, 2.75) is 45.0 Å². The van der Waals surface area contributed by atoms with Gasteiger partial charge in [-0.25, -0.2) is 4.98 Å². The van der Waals surface area contributed by atoms with Crippen LogP contribution >= 0.6 is 11.8 Å². The molecule has 0 aliphatic carbocycles. The zero-order valence-electron chi connectivity index (χ0n) is 16.2. The highest BCUT2D eigenvalue weighted by Crippen LogP contribution is 2.29. The number of aromatic nitrogens is 3. The Balaban J connectivity index is 1.87. The van der Waals surface area contributed by atoms with Gasteiger partial charge in [-0.3, -0.25) is 14.2 Å². The summed E-state index contributed by atoms with van der Waals surface area (Å²) in [6.07, 6.45) is 3.64. The van der Waals surface area contributed by atoms with Crippen molar-refractivity contribution in [3.8, 4) is 5.69 Å². The van der Waals surface area contributed by atoms with E-state index in [1.54, 1.807) is 6.20 Å². The fraction of sp³-hybridized carbons (Fsp3) is 0.286. The standard InChI is InChI=1S/C21H23N3O2S/c1-12-8-6-7-9-17(12)24-11-10-22-21(24)27-16(5)20(26)19-13(2)18(15(4)25)14(3)23-19/h6-11,16,23H,1-5H3. The van der Waals surface area contributed by atoms with Gasteiger partial charge in [-0.05, 0) is 51.8 Å². The van der Waals surface area contributed by atoms with Crippen LogP contribution in [0.3, 0.4) is 0 Å². The van der Waals surface area contributed by atoms with Gasteiger partial charge < -0.3 is 4.98 Å². The van der Waals surface area contributed by atoms with Crippen molar-refractivity contribution in [1.29, 1.82) is 0 Å². The first-order chi connectivity index (χ1) is 12.8. The van der Waals surface area contributed by atoms with Gasteiger partial charge in [0.05, 0.1) is 16.6 Å². The van der Waals surface area contributed by atoms with Crippen molar-refractivity contribution in [1.82, 2.24) is 14.5 Å². The van der Waals surface area contributed by atoms with Gasteiger partial charge in [0.2, 0.25) is 0 Å². The van der Waals surface area contributed by atoms with Crippen LogP contribution in [0.25, 0.3) is 5.69 Å². The van der Waals surface area contributed by atoms with Gasteiger partial charge in [0.15, 0.2) is 16.7 Å². The number of aryl methyl sites for hydroxylation is 2. The summed E-state index contributed by atoms with van der Waals surface area (Å²) in [4.78, 5) is 32.4. The Labute approximate surface area is 163 Å². The first kappa shape index (κ1) is 19.2. The van der Waals surface area contributed by atoms with Gasteiger partial charge in [0, 0.05) is 23.7 Å². The zero-order chi connectivity index (χ0) is 19.7. The Kier molecular flexibility index (Phi) is 5.37. The molecule has 140 valence electrons. The molecule has 2 aromatic heterocycles. The van der Waals surface area contributed by atoms with Crippen LogP contribution in [0.4, 0.5) is 0 Å². The molecule has 0 aliphatic rings. The number of nitrogens with one attached hydrogen (secondary N) is 1. The average molecular weight is 382 g/mol. The molecule has 6 heteroatoms. The maximum absolute atomic E-state index is 13.0. The van der Waals surface area contributed by atoms with E-state index in [1.165, 1.54) is 18.7 Å². The summed E-state index contributed by atoms with van der Waals surface area (Å²) in [7, 11) is 0. The number of Topliss-reactive ketones (excluding diaryl/α,β-unsaturated/α-hetero) is 2. The normalized spacial score (nSPS) is 12.2. The molecule has 1 N–H and O–H groups in total. The Morgan fingerprint density at radius 2 is 1.89 bits per heavy atom. The van der Waals surface area contributed by atoms with Crippen LogP contribution in [0.5, 0.6) is 0 Å². The van der Waals surface area contributed by atoms with Crippen molar-refractivity contribution < 1.29 is 9.59 Å². The number of H-pyrrole nitrogens is 1. The molecule has 0 amide bonds. The molecule has 1 unspecified atom stereocenters. The lowest BCUT2D eigenvalue weighted by Gasteiger charge is -2.13. The lowest BCUT2D eigenvalue weighted by molar-refractivity contribution is 0.0988. The molecule has 0 fully saturated rings. The van der Waals surface area contributed by atoms with Crippen molar-refractivity contribution in [3.63, 3.8) is 0 Å². The molecule has 1 aromatic carbocycles. The number of aromatic amines is 1. The fourth-order valence-corrected chi connectivity index (χ4v) is 4.27. The molecule has 2 heterocycles. The maximum Gasteiger partial charge on any atom is 0.192 e. The molecule has 3 rings (SSSR count). The third-order valence-electron chi connectivity index (χ3n) is 4.67. The van der Waals surface area contributed by atoms with E-state index in [0.717, 1.165) is 27.7 Å². The van der Waals surface area contributed by atoms with Crippen LogP contribution in [0.1, 0.15) is 51.5 Å². The second kappa shape index (κ2) is 7.56. The number of para-hydroxylation sites is 1. The Hall–Kier alpha value is -2.60. The number of hydrogen-bond acceptors (Lipinski definition) is 4. The molecule has 0 bridgehead atoms. The summed E-state index contributed by atoms with van der Waals surface area (Å²) in [6.45, 7) is 9.08. The molecule has 0 spiro atoms. The van der Waals surface area contributed by atoms with Crippen LogP contribution in [-0.4, -0.2) is 31.4 Å². The van der Waals surface area contributed by atoms with Crippen molar-refractivity contribution in [2.24, 2.45) is 0 Å². The summed E-state index contributed by atoms with van der Waals surface area (Å²) in [5, 5.41) is 0.421. The van der Waals surface area contributed by atoms with Crippen molar-refractivity contribution in [2.75, 3.05) is 0 Å². The minimum absolute atomic E-state index is 0.0318. The molecule has 0 saturated heterocycles. The summed E-state index contributed by atoms with van der Waals surface area (Å²) in [5.74, 6) is -0.0665. The van der Waals surface area contributed by atoms with Crippen LogP contribution in [0.2, 0.25) is 0 Å². The molecule has 1 atom stereocenters. The monoisotopic (exact) mass is 381 g/mol. The van der Waals surface area contributed by atoms with Crippen molar-refractivity contribution >= 4 is 23.3 Å². The van der Waals surface area contributed by atoms with Crippen LogP contribution in [0, 0.1) is 20.8 Å². The number of carbonyl (C=O) groups excluding carboxylic acids is 2. The highest BCUT2D eigenvalue weighted by atomic mass is 32.2. The van der Waals surface area contributed by atoms with E-state index >= 15 is 0 Å². The topological polar surface area (TPSA) is 67.8 Å². The zero-order valence-corrected chi connectivity index (χ0v) is 17.0. The largest absolute Gasteiger partial charge is 0.355 e. The van der Waals surface area contributed by atoms with E-state index in [0.29, 0.717) is 11.3 Å². The first-order valence-electron chi connectivity index (χ1n) is 8.81. The molecule has 27 heavy (non-hydrogen) atoms. The summed E-state index contributed by atoms with van der Waals surface area (Å²) in [6, 6.07) is 8.06. The number of carbonyl (C=O) groups is 2. The lowest BCUT2D eigenvalue weighted by atomic mass is 10.0. The first-order valence-corrected chi connectivity index (χ1v) is 9.69. The second-order valence-corrected chi connectivity index (χ2v) is 7.98. The average Bonchev–Trinajstić information content (AvgIpc) is 3.18. The number of imidazole rings is 1. The van der Waals surface area contributed by atoms with Crippen LogP contribution in [0.15, 0.2) is 41.8 Å². The third-order valence-corrected chi connectivity index (χ3v) is 5.75. The molecule has 0 aliphatic heterocycles. The van der Waals surface area contributed by atoms with Gasteiger partial charge in [-0.15, -0.1) is 0 Å².